The Morgan fingerprint density at radius 3 is 2.03 bits per heavy atom. The average molecular weight is 508 g/mol. The summed E-state index contributed by atoms with van der Waals surface area (Å²) in [5.41, 5.74) is 0.275. The third-order valence-corrected chi connectivity index (χ3v) is 6.59. The molecule has 3 heterocycles. The number of piperazine rings is 1. The van der Waals surface area contributed by atoms with Crippen LogP contribution in [0.3, 0.4) is 0 Å². The summed E-state index contributed by atoms with van der Waals surface area (Å²) in [6.45, 7) is 11.4. The number of piperidine rings is 1. The molecule has 0 amide bonds. The summed E-state index contributed by atoms with van der Waals surface area (Å²) in [6, 6.07) is 6.64. The number of anilines is 2. The fraction of sp³-hybridized carbons (Fsp3) is 0.619. The molecule has 2 aliphatic rings. The van der Waals surface area contributed by atoms with Crippen LogP contribution in [0.25, 0.3) is 0 Å². The number of ether oxygens (including phenoxy) is 1. The van der Waals surface area contributed by atoms with Crippen molar-refractivity contribution in [1.29, 1.82) is 0 Å². The topological polar surface area (TPSA) is 65.0 Å². The van der Waals surface area contributed by atoms with Crippen LogP contribution in [0.2, 0.25) is 0 Å². The predicted octanol–water partition coefficient (Wildman–Crippen LogP) is 4.64. The molecular weight excluding hydrogens is 476 g/mol. The molecule has 180 valence electrons. The van der Waals surface area contributed by atoms with Gasteiger partial charge in [-0.3, -0.25) is 0 Å². The van der Waals surface area contributed by atoms with Gasteiger partial charge in [0.15, 0.2) is 0 Å². The number of rotatable bonds is 4. The molecule has 0 saturated carbocycles. The Balaban J connectivity index is 0.00000181. The molecule has 0 radical (unpaired) electrons. The largest absolute Gasteiger partial charge is 0.471 e. The van der Waals surface area contributed by atoms with Crippen molar-refractivity contribution in [1.82, 2.24) is 13.8 Å². The number of hydrogen-bond donors (Lipinski definition) is 1. The van der Waals surface area contributed by atoms with Crippen LogP contribution in [0.4, 0.5) is 15.9 Å². The molecule has 1 aromatic heterocycles. The summed E-state index contributed by atoms with van der Waals surface area (Å²) in [7, 11) is 0. The minimum absolute atomic E-state index is 0. The molecule has 0 bridgehead atoms. The maximum atomic E-state index is 13.2. The van der Waals surface area contributed by atoms with Gasteiger partial charge in [-0.25, -0.2) is 4.39 Å². The van der Waals surface area contributed by atoms with Gasteiger partial charge in [0.25, 0.3) is 5.88 Å². The third-order valence-electron chi connectivity index (χ3n) is 6.09. The number of hydroxylamine groups is 2. The van der Waals surface area contributed by atoms with E-state index >= 15 is 0 Å². The molecule has 7 nitrogen and oxygen atoms in total. The Bertz CT molecular complexity index is 857. The van der Waals surface area contributed by atoms with Crippen molar-refractivity contribution in [2.24, 2.45) is 0 Å². The van der Waals surface area contributed by atoms with Crippen molar-refractivity contribution in [2.75, 3.05) is 36.0 Å². The highest BCUT2D eigenvalue weighted by Gasteiger charge is 2.46. The van der Waals surface area contributed by atoms with E-state index in [1.807, 2.05) is 39.8 Å². The lowest BCUT2D eigenvalue weighted by Crippen LogP contribution is -2.61. The van der Waals surface area contributed by atoms with Crippen LogP contribution in [-0.2, 0) is 0 Å². The highest BCUT2D eigenvalue weighted by atomic mass is 35.5. The van der Waals surface area contributed by atoms with Crippen LogP contribution in [0.15, 0.2) is 24.3 Å². The second-order valence-corrected chi connectivity index (χ2v) is 9.96. The quantitative estimate of drug-likeness (QED) is 0.646. The van der Waals surface area contributed by atoms with E-state index in [1.165, 1.54) is 28.9 Å². The maximum Gasteiger partial charge on any atom is 0.271 e. The first-order valence-electron chi connectivity index (χ1n) is 10.4. The van der Waals surface area contributed by atoms with Crippen molar-refractivity contribution in [3.05, 3.63) is 30.1 Å². The van der Waals surface area contributed by atoms with Gasteiger partial charge in [-0.15, -0.1) is 29.2 Å². The molecule has 1 aromatic carbocycles. The normalized spacial score (nSPS) is 20.9. The summed E-state index contributed by atoms with van der Waals surface area (Å²) in [6.07, 6.45) is 1.38. The van der Waals surface area contributed by atoms with Gasteiger partial charge in [0.2, 0.25) is 5.82 Å². The molecule has 2 aliphatic heterocycles. The number of halogens is 3. The zero-order valence-electron chi connectivity index (χ0n) is 18.8. The standard InChI is InChI=1S/C21H30FN5O2S.2ClH/c1-20(2)13-17(14-21(3,4)27(20)28)29-19-18(23-30-24-19)26-11-9-25(10-12-26)16-7-5-15(22)6-8-16;;/h5-8,17,28H,9-14H2,1-4H3;2*1H. The molecular formula is C21H32Cl2FN5O2S. The van der Waals surface area contributed by atoms with Crippen LogP contribution < -0.4 is 14.5 Å². The van der Waals surface area contributed by atoms with Gasteiger partial charge in [-0.1, -0.05) is 0 Å². The van der Waals surface area contributed by atoms with Gasteiger partial charge >= 0.3 is 0 Å². The SMILES string of the molecule is CC1(C)CC(Oc2nsnc2N2CCN(c3ccc(F)cc3)CC2)CC(C)(C)N1O.Cl.Cl. The average Bonchev–Trinajstić information content (AvgIpc) is 3.14. The second kappa shape index (κ2) is 10.3. The van der Waals surface area contributed by atoms with E-state index in [0.29, 0.717) is 18.7 Å². The van der Waals surface area contributed by atoms with E-state index in [2.05, 4.69) is 18.5 Å². The first kappa shape index (κ1) is 26.9. The van der Waals surface area contributed by atoms with Crippen LogP contribution >= 0.6 is 36.5 Å². The summed E-state index contributed by atoms with van der Waals surface area (Å²) in [5, 5.41) is 12.0. The van der Waals surface area contributed by atoms with Crippen molar-refractivity contribution in [3.63, 3.8) is 0 Å². The minimum atomic E-state index is -0.378. The smallest absolute Gasteiger partial charge is 0.271 e. The van der Waals surface area contributed by atoms with Gasteiger partial charge in [0.05, 0.1) is 11.7 Å². The Morgan fingerprint density at radius 1 is 0.938 bits per heavy atom. The summed E-state index contributed by atoms with van der Waals surface area (Å²) in [5.74, 6) is 1.16. The Kier molecular flexibility index (Phi) is 8.61. The molecule has 2 saturated heterocycles. The lowest BCUT2D eigenvalue weighted by molar-refractivity contribution is -0.255. The molecule has 1 N–H and O–H groups in total. The first-order chi connectivity index (χ1) is 14.2. The lowest BCUT2D eigenvalue weighted by atomic mass is 9.80. The van der Waals surface area contributed by atoms with Crippen molar-refractivity contribution >= 4 is 48.0 Å². The Hall–Kier alpha value is -1.39. The third kappa shape index (κ3) is 5.56. The molecule has 4 rings (SSSR count). The first-order valence-corrected chi connectivity index (χ1v) is 11.1. The molecule has 32 heavy (non-hydrogen) atoms. The molecule has 2 fully saturated rings. The van der Waals surface area contributed by atoms with E-state index in [9.17, 15) is 9.60 Å². The van der Waals surface area contributed by atoms with E-state index in [-0.39, 0.29) is 47.8 Å². The Morgan fingerprint density at radius 2 is 1.47 bits per heavy atom. The van der Waals surface area contributed by atoms with E-state index in [4.69, 9.17) is 4.74 Å². The molecule has 2 aromatic rings. The van der Waals surface area contributed by atoms with Crippen molar-refractivity contribution in [3.8, 4) is 5.88 Å². The van der Waals surface area contributed by atoms with Gasteiger partial charge in [-0.05, 0) is 52.0 Å². The molecule has 0 spiro atoms. The van der Waals surface area contributed by atoms with E-state index in [1.54, 1.807) is 0 Å². The number of benzene rings is 1. The molecule has 0 aliphatic carbocycles. The summed E-state index contributed by atoms with van der Waals surface area (Å²) < 4.78 is 28.4. The van der Waals surface area contributed by atoms with Crippen molar-refractivity contribution in [2.45, 2.75) is 57.7 Å². The van der Waals surface area contributed by atoms with Crippen LogP contribution in [0.5, 0.6) is 5.88 Å². The minimum Gasteiger partial charge on any atom is -0.471 e. The number of hydrogen-bond acceptors (Lipinski definition) is 8. The lowest BCUT2D eigenvalue weighted by Gasteiger charge is -2.51. The van der Waals surface area contributed by atoms with Gasteiger partial charge < -0.3 is 19.7 Å². The van der Waals surface area contributed by atoms with Gasteiger partial charge in [0, 0.05) is 55.8 Å². The predicted molar refractivity (Wildman–Crippen MR) is 131 cm³/mol. The summed E-state index contributed by atoms with van der Waals surface area (Å²) in [4.78, 5) is 4.45. The molecule has 11 heteroatoms. The van der Waals surface area contributed by atoms with Crippen molar-refractivity contribution < 1.29 is 14.3 Å². The zero-order valence-corrected chi connectivity index (χ0v) is 21.3. The van der Waals surface area contributed by atoms with E-state index < -0.39 is 0 Å². The fourth-order valence-corrected chi connectivity index (χ4v) is 5.20. The molecule has 0 atom stereocenters. The van der Waals surface area contributed by atoms with E-state index in [0.717, 1.165) is 37.7 Å². The highest BCUT2D eigenvalue weighted by Crippen LogP contribution is 2.39. The Labute approximate surface area is 205 Å². The highest BCUT2D eigenvalue weighted by molar-refractivity contribution is 6.99. The van der Waals surface area contributed by atoms with Gasteiger partial charge in [0.1, 0.15) is 11.9 Å². The monoisotopic (exact) mass is 507 g/mol. The van der Waals surface area contributed by atoms with Crippen LogP contribution in [-0.4, -0.2) is 62.4 Å². The maximum absolute atomic E-state index is 13.2. The second-order valence-electron chi connectivity index (χ2n) is 9.43. The van der Waals surface area contributed by atoms with Crippen LogP contribution in [0.1, 0.15) is 40.5 Å². The number of aromatic nitrogens is 2. The fourth-order valence-electron chi connectivity index (χ4n) is 4.69. The molecule has 0 unspecified atom stereocenters. The van der Waals surface area contributed by atoms with Crippen LogP contribution in [0, 0.1) is 5.82 Å². The summed E-state index contributed by atoms with van der Waals surface area (Å²) >= 11 is 1.17. The van der Waals surface area contributed by atoms with Gasteiger partial charge in [-0.2, -0.15) is 9.44 Å². The number of nitrogens with zero attached hydrogens (tertiary/aromatic N) is 5. The zero-order chi connectivity index (χ0) is 21.5.